The lowest BCUT2D eigenvalue weighted by molar-refractivity contribution is -0.122. The molecule has 2 aliphatic rings. The van der Waals surface area contributed by atoms with Gasteiger partial charge in [0.1, 0.15) is 11.5 Å². The molecular formula is C19H29N3O4. The van der Waals surface area contributed by atoms with Crippen molar-refractivity contribution in [1.29, 1.82) is 0 Å². The monoisotopic (exact) mass is 363 g/mol. The fourth-order valence-corrected chi connectivity index (χ4v) is 3.57. The van der Waals surface area contributed by atoms with Gasteiger partial charge >= 0.3 is 0 Å². The molecule has 0 radical (unpaired) electrons. The molecule has 2 aliphatic heterocycles. The summed E-state index contributed by atoms with van der Waals surface area (Å²) in [4.78, 5) is 14.6. The Labute approximate surface area is 155 Å². The molecule has 144 valence electrons. The van der Waals surface area contributed by atoms with Crippen molar-refractivity contribution in [3.05, 3.63) is 23.8 Å². The molecule has 2 heterocycles. The Bertz CT molecular complexity index is 582. The predicted octanol–water partition coefficient (Wildman–Crippen LogP) is 0.773. The first-order chi connectivity index (χ1) is 12.7. The number of ether oxygens (including phenoxy) is 3. The van der Waals surface area contributed by atoms with Gasteiger partial charge < -0.3 is 24.8 Å². The van der Waals surface area contributed by atoms with E-state index in [1.807, 2.05) is 18.2 Å². The molecule has 2 N–H and O–H groups in total. The van der Waals surface area contributed by atoms with Crippen LogP contribution in [0, 0.1) is 0 Å². The van der Waals surface area contributed by atoms with E-state index in [0.29, 0.717) is 13.0 Å². The molecular weight excluding hydrogens is 334 g/mol. The van der Waals surface area contributed by atoms with E-state index in [-0.39, 0.29) is 18.0 Å². The summed E-state index contributed by atoms with van der Waals surface area (Å²) in [5.74, 6) is 1.69. The molecule has 1 aromatic carbocycles. The molecule has 0 aromatic heterocycles. The number of morpholine rings is 1. The quantitative estimate of drug-likeness (QED) is 0.746. The van der Waals surface area contributed by atoms with E-state index >= 15 is 0 Å². The van der Waals surface area contributed by atoms with Gasteiger partial charge in [-0.25, -0.2) is 0 Å². The van der Waals surface area contributed by atoms with Gasteiger partial charge in [0, 0.05) is 50.7 Å². The molecule has 7 heteroatoms. The summed E-state index contributed by atoms with van der Waals surface area (Å²) in [5.41, 5.74) is 1.15. The zero-order valence-corrected chi connectivity index (χ0v) is 15.6. The summed E-state index contributed by atoms with van der Waals surface area (Å²) in [7, 11) is 3.32. The highest BCUT2D eigenvalue weighted by molar-refractivity contribution is 5.77. The zero-order chi connectivity index (χ0) is 18.4. The molecule has 7 nitrogen and oxygen atoms in total. The van der Waals surface area contributed by atoms with Crippen LogP contribution in [0.3, 0.4) is 0 Å². The van der Waals surface area contributed by atoms with E-state index in [4.69, 9.17) is 14.2 Å². The summed E-state index contributed by atoms with van der Waals surface area (Å²) in [6.07, 6.45) is 1.45. The third-order valence-electron chi connectivity index (χ3n) is 4.89. The van der Waals surface area contributed by atoms with Gasteiger partial charge in [-0.3, -0.25) is 9.69 Å². The predicted molar refractivity (Wildman–Crippen MR) is 98.6 cm³/mol. The largest absolute Gasteiger partial charge is 0.497 e. The highest BCUT2D eigenvalue weighted by Crippen LogP contribution is 2.24. The minimum Gasteiger partial charge on any atom is -0.497 e. The van der Waals surface area contributed by atoms with Crippen LogP contribution in [-0.4, -0.2) is 70.0 Å². The van der Waals surface area contributed by atoms with Crippen LogP contribution in [0.25, 0.3) is 0 Å². The number of methoxy groups -OCH3 is 2. The van der Waals surface area contributed by atoms with Crippen LogP contribution in [0.4, 0.5) is 0 Å². The van der Waals surface area contributed by atoms with Gasteiger partial charge in [-0.15, -0.1) is 0 Å². The van der Waals surface area contributed by atoms with Crippen molar-refractivity contribution < 1.29 is 19.0 Å². The Morgan fingerprint density at radius 1 is 1.31 bits per heavy atom. The third kappa shape index (κ3) is 5.33. The Morgan fingerprint density at radius 3 is 2.73 bits per heavy atom. The van der Waals surface area contributed by atoms with Crippen LogP contribution in [0.2, 0.25) is 0 Å². The van der Waals surface area contributed by atoms with E-state index in [1.165, 1.54) is 0 Å². The second kappa shape index (κ2) is 9.21. The summed E-state index contributed by atoms with van der Waals surface area (Å²) in [5, 5.41) is 6.48. The number of carbonyl (C=O) groups is 1. The Morgan fingerprint density at radius 2 is 2.08 bits per heavy atom. The number of carbonyl (C=O) groups excluding carboxylic acids is 1. The van der Waals surface area contributed by atoms with Gasteiger partial charge in [0.25, 0.3) is 0 Å². The van der Waals surface area contributed by atoms with E-state index in [1.54, 1.807) is 14.2 Å². The second-order valence-electron chi connectivity index (χ2n) is 6.94. The summed E-state index contributed by atoms with van der Waals surface area (Å²) in [6.45, 7) is 4.80. The van der Waals surface area contributed by atoms with Crippen LogP contribution in [0.15, 0.2) is 18.2 Å². The Kier molecular flexibility index (Phi) is 6.71. The van der Waals surface area contributed by atoms with Crippen LogP contribution < -0.4 is 20.1 Å². The van der Waals surface area contributed by atoms with E-state index in [2.05, 4.69) is 15.5 Å². The molecule has 0 aliphatic carbocycles. The average molecular weight is 363 g/mol. The number of benzene rings is 1. The van der Waals surface area contributed by atoms with Crippen molar-refractivity contribution in [2.45, 2.75) is 31.5 Å². The molecule has 0 saturated carbocycles. The molecule has 26 heavy (non-hydrogen) atoms. The molecule has 2 fully saturated rings. The van der Waals surface area contributed by atoms with Gasteiger partial charge in [0.15, 0.2) is 0 Å². The second-order valence-corrected chi connectivity index (χ2v) is 6.94. The van der Waals surface area contributed by atoms with Gasteiger partial charge in [0.05, 0.1) is 27.4 Å². The molecule has 0 spiro atoms. The maximum Gasteiger partial charge on any atom is 0.221 e. The molecule has 1 amide bonds. The van der Waals surface area contributed by atoms with Crippen LogP contribution in [0.1, 0.15) is 18.4 Å². The molecule has 2 saturated heterocycles. The van der Waals surface area contributed by atoms with Crippen molar-refractivity contribution in [2.24, 2.45) is 0 Å². The standard InChI is InChI=1S/C19H29N3O4/c1-24-17-7-14(8-18(10-17)25-2)11-22-5-3-15(12-22)21-19(23)9-16-13-26-6-4-20-16/h7-8,10,15-16,20H,3-6,9,11-13H2,1-2H3,(H,21,23). The van der Waals surface area contributed by atoms with Crippen LogP contribution in [0.5, 0.6) is 11.5 Å². The summed E-state index contributed by atoms with van der Waals surface area (Å²) < 4.78 is 16.1. The van der Waals surface area contributed by atoms with Crippen molar-refractivity contribution >= 4 is 5.91 Å². The Hall–Kier alpha value is -1.83. The fourth-order valence-electron chi connectivity index (χ4n) is 3.57. The van der Waals surface area contributed by atoms with Crippen molar-refractivity contribution in [2.75, 3.05) is 47.1 Å². The first kappa shape index (κ1) is 18.9. The van der Waals surface area contributed by atoms with E-state index in [0.717, 1.165) is 56.3 Å². The maximum atomic E-state index is 12.2. The fraction of sp³-hybridized carbons (Fsp3) is 0.632. The lowest BCUT2D eigenvalue weighted by Crippen LogP contribution is -2.46. The van der Waals surface area contributed by atoms with Crippen LogP contribution >= 0.6 is 0 Å². The number of hydrogen-bond donors (Lipinski definition) is 2. The molecule has 1 aromatic rings. The number of nitrogens with one attached hydrogen (secondary N) is 2. The van der Waals surface area contributed by atoms with Gasteiger partial charge in [-0.2, -0.15) is 0 Å². The number of amides is 1. The number of hydrogen-bond acceptors (Lipinski definition) is 6. The molecule has 2 atom stereocenters. The number of nitrogens with zero attached hydrogens (tertiary/aromatic N) is 1. The van der Waals surface area contributed by atoms with Gasteiger partial charge in [-0.1, -0.05) is 0 Å². The van der Waals surface area contributed by atoms with Crippen LogP contribution in [-0.2, 0) is 16.1 Å². The minimum absolute atomic E-state index is 0.0999. The highest BCUT2D eigenvalue weighted by Gasteiger charge is 2.25. The van der Waals surface area contributed by atoms with Crippen molar-refractivity contribution in [3.8, 4) is 11.5 Å². The number of likely N-dealkylation sites (tertiary alicyclic amines) is 1. The smallest absolute Gasteiger partial charge is 0.221 e. The molecule has 0 bridgehead atoms. The third-order valence-corrected chi connectivity index (χ3v) is 4.89. The normalized spacial score (nSPS) is 23.6. The lowest BCUT2D eigenvalue weighted by Gasteiger charge is -2.24. The SMILES string of the molecule is COc1cc(CN2CCC(NC(=O)CC3COCCN3)C2)cc(OC)c1. The summed E-state index contributed by atoms with van der Waals surface area (Å²) in [6, 6.07) is 6.27. The first-order valence-corrected chi connectivity index (χ1v) is 9.21. The average Bonchev–Trinajstić information content (AvgIpc) is 3.08. The lowest BCUT2D eigenvalue weighted by atomic mass is 10.1. The maximum absolute atomic E-state index is 12.2. The molecule has 3 rings (SSSR count). The van der Waals surface area contributed by atoms with Crippen molar-refractivity contribution in [1.82, 2.24) is 15.5 Å². The molecule has 2 unspecified atom stereocenters. The highest BCUT2D eigenvalue weighted by atomic mass is 16.5. The number of rotatable bonds is 7. The summed E-state index contributed by atoms with van der Waals surface area (Å²) >= 11 is 0. The van der Waals surface area contributed by atoms with Crippen molar-refractivity contribution in [3.63, 3.8) is 0 Å². The minimum atomic E-state index is 0.0999. The zero-order valence-electron chi connectivity index (χ0n) is 15.6. The Balaban J connectivity index is 1.47. The first-order valence-electron chi connectivity index (χ1n) is 9.21. The van der Waals surface area contributed by atoms with Gasteiger partial charge in [0.2, 0.25) is 5.91 Å². The van der Waals surface area contributed by atoms with E-state index < -0.39 is 0 Å². The van der Waals surface area contributed by atoms with Gasteiger partial charge in [-0.05, 0) is 24.1 Å². The topological polar surface area (TPSA) is 72.1 Å². The van der Waals surface area contributed by atoms with E-state index in [9.17, 15) is 4.79 Å².